The summed E-state index contributed by atoms with van der Waals surface area (Å²) in [5.74, 6) is 0. The van der Waals surface area contributed by atoms with Gasteiger partial charge in [0.1, 0.15) is 0 Å². The lowest BCUT2D eigenvalue weighted by molar-refractivity contribution is 0.560. The molecule has 0 atom stereocenters. The summed E-state index contributed by atoms with van der Waals surface area (Å²) in [6, 6.07) is 8.68. The molecule has 0 heterocycles. The Kier molecular flexibility index (Phi) is 11.0. The molecule has 1 aromatic carbocycles. The molecule has 0 saturated heterocycles. The summed E-state index contributed by atoms with van der Waals surface area (Å²) in [6.07, 6.45) is 15.2. The Hall–Kier alpha value is -0.980. The normalized spacial score (nSPS) is 10.8. The van der Waals surface area contributed by atoms with Crippen LogP contribution in [0.4, 0.5) is 5.69 Å². The Morgan fingerprint density at radius 3 is 1.90 bits per heavy atom. The van der Waals surface area contributed by atoms with E-state index in [-0.39, 0.29) is 0 Å². The summed E-state index contributed by atoms with van der Waals surface area (Å²) in [5.41, 5.74) is 2.76. The standard InChI is InChI=1S/C20H35N/c1-3-5-6-7-8-9-10-11-12-15-18-21-20-17-14-13-16-19(20)4-2/h13-14,16-17,21H,3-12,15,18H2,1-2H3. The van der Waals surface area contributed by atoms with E-state index in [9.17, 15) is 0 Å². The minimum Gasteiger partial charge on any atom is -0.385 e. The first-order valence-electron chi connectivity index (χ1n) is 9.20. The molecule has 0 aliphatic carbocycles. The van der Waals surface area contributed by atoms with Gasteiger partial charge >= 0.3 is 0 Å². The second kappa shape index (κ2) is 12.7. The Morgan fingerprint density at radius 1 is 0.714 bits per heavy atom. The van der Waals surface area contributed by atoms with Gasteiger partial charge in [-0.3, -0.25) is 0 Å². The minimum atomic E-state index is 1.11. The fourth-order valence-electron chi connectivity index (χ4n) is 2.84. The molecule has 1 nitrogen and oxygen atoms in total. The number of aryl methyl sites for hydroxylation is 1. The Balaban J connectivity index is 1.93. The van der Waals surface area contributed by atoms with Crippen LogP contribution < -0.4 is 5.32 Å². The zero-order valence-corrected chi connectivity index (χ0v) is 14.3. The third-order valence-electron chi connectivity index (χ3n) is 4.24. The summed E-state index contributed by atoms with van der Waals surface area (Å²) in [5, 5.41) is 3.59. The largest absolute Gasteiger partial charge is 0.385 e. The molecule has 0 saturated carbocycles. The monoisotopic (exact) mass is 289 g/mol. The topological polar surface area (TPSA) is 12.0 Å². The lowest BCUT2D eigenvalue weighted by atomic mass is 10.1. The van der Waals surface area contributed by atoms with Crippen molar-refractivity contribution in [2.24, 2.45) is 0 Å². The summed E-state index contributed by atoms with van der Waals surface area (Å²) in [4.78, 5) is 0. The zero-order chi connectivity index (χ0) is 15.2. The predicted molar refractivity (Wildman–Crippen MR) is 96.2 cm³/mol. The minimum absolute atomic E-state index is 1.11. The van der Waals surface area contributed by atoms with Crippen LogP contribution in [0.1, 0.15) is 83.6 Å². The summed E-state index contributed by atoms with van der Waals surface area (Å²) < 4.78 is 0. The third kappa shape index (κ3) is 8.80. The second-order valence-corrected chi connectivity index (χ2v) is 6.12. The molecule has 1 aromatic rings. The van der Waals surface area contributed by atoms with Crippen LogP contribution in [0.5, 0.6) is 0 Å². The van der Waals surface area contributed by atoms with E-state index in [0.29, 0.717) is 0 Å². The number of nitrogens with one attached hydrogen (secondary N) is 1. The van der Waals surface area contributed by atoms with Crippen LogP contribution in [0.2, 0.25) is 0 Å². The van der Waals surface area contributed by atoms with Gasteiger partial charge in [0.05, 0.1) is 0 Å². The van der Waals surface area contributed by atoms with Gasteiger partial charge in [-0.1, -0.05) is 89.8 Å². The molecule has 0 bridgehead atoms. The van der Waals surface area contributed by atoms with Crippen LogP contribution in [-0.2, 0) is 6.42 Å². The van der Waals surface area contributed by atoms with E-state index in [1.54, 1.807) is 0 Å². The fourth-order valence-corrected chi connectivity index (χ4v) is 2.84. The maximum Gasteiger partial charge on any atom is 0.0372 e. The van der Waals surface area contributed by atoms with E-state index in [2.05, 4.69) is 43.4 Å². The van der Waals surface area contributed by atoms with Gasteiger partial charge in [-0.25, -0.2) is 0 Å². The van der Waals surface area contributed by atoms with Crippen LogP contribution in [-0.4, -0.2) is 6.54 Å². The molecule has 0 unspecified atom stereocenters. The van der Waals surface area contributed by atoms with E-state index in [0.717, 1.165) is 13.0 Å². The molecule has 1 rings (SSSR count). The van der Waals surface area contributed by atoms with Gasteiger partial charge in [0.2, 0.25) is 0 Å². The van der Waals surface area contributed by atoms with Crippen molar-refractivity contribution in [2.45, 2.75) is 84.5 Å². The van der Waals surface area contributed by atoms with Gasteiger partial charge in [0.25, 0.3) is 0 Å². The van der Waals surface area contributed by atoms with Gasteiger partial charge in [0.15, 0.2) is 0 Å². The highest BCUT2D eigenvalue weighted by molar-refractivity contribution is 5.50. The molecule has 0 radical (unpaired) electrons. The first-order valence-corrected chi connectivity index (χ1v) is 9.20. The SMILES string of the molecule is CCCCCCCCCCCCNc1ccccc1CC. The fraction of sp³-hybridized carbons (Fsp3) is 0.700. The van der Waals surface area contributed by atoms with E-state index < -0.39 is 0 Å². The summed E-state index contributed by atoms with van der Waals surface area (Å²) in [7, 11) is 0. The molecule has 0 aliphatic rings. The Bertz CT molecular complexity index is 345. The molecule has 21 heavy (non-hydrogen) atoms. The van der Waals surface area contributed by atoms with Crippen molar-refractivity contribution in [3.8, 4) is 0 Å². The Labute approximate surface area is 132 Å². The van der Waals surface area contributed by atoms with Crippen LogP contribution in [0, 0.1) is 0 Å². The van der Waals surface area contributed by atoms with Crippen molar-refractivity contribution in [3.63, 3.8) is 0 Å². The smallest absolute Gasteiger partial charge is 0.0372 e. The van der Waals surface area contributed by atoms with E-state index in [1.807, 2.05) is 0 Å². The van der Waals surface area contributed by atoms with Crippen molar-refractivity contribution < 1.29 is 0 Å². The predicted octanol–water partition coefficient (Wildman–Crippen LogP) is 6.58. The number of hydrogen-bond acceptors (Lipinski definition) is 1. The molecule has 0 aromatic heterocycles. The average Bonchev–Trinajstić information content (AvgIpc) is 2.53. The highest BCUT2D eigenvalue weighted by atomic mass is 14.9. The van der Waals surface area contributed by atoms with Gasteiger partial charge in [-0.2, -0.15) is 0 Å². The first-order chi connectivity index (χ1) is 10.4. The number of anilines is 1. The van der Waals surface area contributed by atoms with Crippen LogP contribution in [0.25, 0.3) is 0 Å². The van der Waals surface area contributed by atoms with Crippen molar-refractivity contribution in [1.82, 2.24) is 0 Å². The second-order valence-electron chi connectivity index (χ2n) is 6.12. The van der Waals surface area contributed by atoms with Gasteiger partial charge in [-0.15, -0.1) is 0 Å². The van der Waals surface area contributed by atoms with Crippen molar-refractivity contribution in [2.75, 3.05) is 11.9 Å². The molecule has 1 heteroatoms. The molecule has 0 aliphatic heterocycles. The maximum atomic E-state index is 3.59. The number of para-hydroxylation sites is 1. The highest BCUT2D eigenvalue weighted by Crippen LogP contribution is 2.16. The quantitative estimate of drug-likeness (QED) is 0.404. The summed E-state index contributed by atoms with van der Waals surface area (Å²) >= 11 is 0. The summed E-state index contributed by atoms with van der Waals surface area (Å²) in [6.45, 7) is 5.63. The van der Waals surface area contributed by atoms with Crippen LogP contribution in [0.15, 0.2) is 24.3 Å². The zero-order valence-electron chi connectivity index (χ0n) is 14.3. The first kappa shape index (κ1) is 18.1. The lowest BCUT2D eigenvalue weighted by Crippen LogP contribution is -2.03. The third-order valence-corrected chi connectivity index (χ3v) is 4.24. The van der Waals surface area contributed by atoms with Crippen LogP contribution in [0.3, 0.4) is 0 Å². The molecule has 1 N–H and O–H groups in total. The van der Waals surface area contributed by atoms with Crippen molar-refractivity contribution in [1.29, 1.82) is 0 Å². The number of benzene rings is 1. The van der Waals surface area contributed by atoms with E-state index in [1.165, 1.54) is 75.5 Å². The molecular weight excluding hydrogens is 254 g/mol. The van der Waals surface area contributed by atoms with E-state index in [4.69, 9.17) is 0 Å². The maximum absolute atomic E-state index is 3.59. The lowest BCUT2D eigenvalue weighted by Gasteiger charge is -2.10. The average molecular weight is 290 g/mol. The Morgan fingerprint density at radius 2 is 1.29 bits per heavy atom. The number of hydrogen-bond donors (Lipinski definition) is 1. The van der Waals surface area contributed by atoms with Gasteiger partial charge in [-0.05, 0) is 24.5 Å². The van der Waals surface area contributed by atoms with E-state index >= 15 is 0 Å². The van der Waals surface area contributed by atoms with Gasteiger partial charge in [0, 0.05) is 12.2 Å². The number of rotatable bonds is 13. The van der Waals surface area contributed by atoms with Gasteiger partial charge < -0.3 is 5.32 Å². The molecule has 0 fully saturated rings. The molecule has 120 valence electrons. The number of unbranched alkanes of at least 4 members (excludes halogenated alkanes) is 9. The van der Waals surface area contributed by atoms with Crippen molar-refractivity contribution in [3.05, 3.63) is 29.8 Å². The molecular formula is C20H35N. The highest BCUT2D eigenvalue weighted by Gasteiger charge is 1.98. The molecule has 0 spiro atoms. The molecule has 0 amide bonds. The van der Waals surface area contributed by atoms with Crippen LogP contribution >= 0.6 is 0 Å². The van der Waals surface area contributed by atoms with Crippen molar-refractivity contribution >= 4 is 5.69 Å².